The largest absolute Gasteiger partial charge is 0.471 e. The van der Waals surface area contributed by atoms with Crippen LogP contribution in [0.3, 0.4) is 0 Å². The Bertz CT molecular complexity index is 965. The van der Waals surface area contributed by atoms with Crippen molar-refractivity contribution in [3.8, 4) is 5.88 Å². The lowest BCUT2D eigenvalue weighted by Crippen LogP contribution is -2.28. The average molecular weight is 420 g/mol. The van der Waals surface area contributed by atoms with Crippen molar-refractivity contribution in [3.05, 3.63) is 65.2 Å². The van der Waals surface area contributed by atoms with E-state index in [-0.39, 0.29) is 12.5 Å². The fraction of sp³-hybridized carbons (Fsp3) is 0.158. The van der Waals surface area contributed by atoms with Gasteiger partial charge in [0.2, 0.25) is 0 Å². The van der Waals surface area contributed by atoms with Gasteiger partial charge in [0.25, 0.3) is 5.88 Å². The van der Waals surface area contributed by atoms with E-state index in [0.717, 1.165) is 15.0 Å². The van der Waals surface area contributed by atoms with E-state index in [1.165, 1.54) is 18.9 Å². The quantitative estimate of drug-likeness (QED) is 0.551. The molecule has 28 heavy (non-hydrogen) atoms. The number of halogens is 1. The number of hydrogen-bond acceptors (Lipinski definition) is 5. The van der Waals surface area contributed by atoms with Crippen molar-refractivity contribution in [3.63, 3.8) is 0 Å². The number of amides is 1. The van der Waals surface area contributed by atoms with Gasteiger partial charge in [0.15, 0.2) is 0 Å². The summed E-state index contributed by atoms with van der Waals surface area (Å²) in [5.74, 6) is 0.275. The van der Waals surface area contributed by atoms with Crippen LogP contribution >= 0.6 is 23.4 Å². The summed E-state index contributed by atoms with van der Waals surface area (Å²) in [5.41, 5.74) is 0.981. The molecule has 0 bridgehead atoms. The molecular weight excluding hydrogens is 402 g/mol. The highest BCUT2D eigenvalue weighted by molar-refractivity contribution is 7.99. The lowest BCUT2D eigenvalue weighted by molar-refractivity contribution is 0.129. The third-order valence-corrected chi connectivity index (χ3v) is 5.42. The predicted molar refractivity (Wildman–Crippen MR) is 107 cm³/mol. The maximum Gasteiger partial charge on any atom is 0.436 e. The van der Waals surface area contributed by atoms with Gasteiger partial charge in [-0.25, -0.2) is 4.79 Å². The van der Waals surface area contributed by atoms with Crippen LogP contribution < -0.4 is 9.80 Å². The smallest absolute Gasteiger partial charge is 0.436 e. The summed E-state index contributed by atoms with van der Waals surface area (Å²) in [7, 11) is 3.07. The molecule has 1 amide bonds. The van der Waals surface area contributed by atoms with E-state index in [1.807, 2.05) is 30.3 Å². The number of aromatic nitrogens is 2. The van der Waals surface area contributed by atoms with Gasteiger partial charge < -0.3 is 9.84 Å². The summed E-state index contributed by atoms with van der Waals surface area (Å²) in [5, 5.41) is 15.5. The molecule has 0 aliphatic rings. The lowest BCUT2D eigenvalue weighted by Gasteiger charge is -2.19. The Kier molecular flexibility index (Phi) is 6.45. The molecule has 0 fully saturated rings. The van der Waals surface area contributed by atoms with E-state index < -0.39 is 6.09 Å². The second-order valence-electron chi connectivity index (χ2n) is 5.64. The normalized spacial score (nSPS) is 10.7. The summed E-state index contributed by atoms with van der Waals surface area (Å²) >= 11 is 7.95. The summed E-state index contributed by atoms with van der Waals surface area (Å²) < 4.78 is 7.44. The van der Waals surface area contributed by atoms with Gasteiger partial charge in [-0.1, -0.05) is 59.8 Å². The van der Waals surface area contributed by atoms with Gasteiger partial charge in [0.05, 0.1) is 12.8 Å². The molecule has 2 aromatic carbocycles. The predicted octanol–water partition coefficient (Wildman–Crippen LogP) is 4.85. The zero-order chi connectivity index (χ0) is 20.1. The third kappa shape index (κ3) is 4.41. The number of carboxylic acid groups (broad SMARTS) is 1. The molecule has 0 aliphatic heterocycles. The van der Waals surface area contributed by atoms with Crippen LogP contribution in [0.5, 0.6) is 5.88 Å². The van der Waals surface area contributed by atoms with Crippen molar-refractivity contribution in [2.24, 2.45) is 7.05 Å². The van der Waals surface area contributed by atoms with Gasteiger partial charge in [0, 0.05) is 17.5 Å². The Morgan fingerprint density at radius 1 is 1.21 bits per heavy atom. The van der Waals surface area contributed by atoms with Crippen molar-refractivity contribution in [2.75, 3.05) is 12.2 Å². The fourth-order valence-electron chi connectivity index (χ4n) is 2.52. The van der Waals surface area contributed by atoms with Gasteiger partial charge in [-0.05, 0) is 18.2 Å². The number of anilines is 1. The van der Waals surface area contributed by atoms with Crippen LogP contribution in [0.2, 0.25) is 5.02 Å². The first-order chi connectivity index (χ1) is 13.5. The number of hydrogen-bond donors (Lipinski definition) is 1. The molecule has 3 aromatic rings. The van der Waals surface area contributed by atoms with E-state index in [9.17, 15) is 9.90 Å². The monoisotopic (exact) mass is 419 g/mol. The molecule has 0 spiro atoms. The fourth-order valence-corrected chi connectivity index (χ4v) is 3.72. The van der Waals surface area contributed by atoms with Crippen molar-refractivity contribution in [1.29, 1.82) is 0 Å². The molecule has 9 heteroatoms. The van der Waals surface area contributed by atoms with Gasteiger partial charge >= 0.3 is 6.09 Å². The van der Waals surface area contributed by atoms with Gasteiger partial charge in [0.1, 0.15) is 16.7 Å². The maximum atomic E-state index is 11.4. The molecule has 0 unspecified atom stereocenters. The standard InChI is InChI=1S/C19H18ClN3O4S/c1-22-18(28-14-9-4-3-5-10-14)16(20)17(21-22)27-12-13-8-6-7-11-15(13)23(26-2)19(24)25/h3-11H,12H2,1-2H3,(H,24,25). The first-order valence-corrected chi connectivity index (χ1v) is 9.44. The molecule has 0 radical (unpaired) electrons. The van der Waals surface area contributed by atoms with E-state index >= 15 is 0 Å². The topological polar surface area (TPSA) is 76.8 Å². The molecule has 0 saturated carbocycles. The average Bonchev–Trinajstić information content (AvgIpc) is 2.96. The Hall–Kier alpha value is -2.68. The van der Waals surface area contributed by atoms with Crippen molar-refractivity contribution in [2.45, 2.75) is 16.5 Å². The minimum absolute atomic E-state index is 0.0789. The maximum absolute atomic E-state index is 11.4. The number of nitrogens with zero attached hydrogens (tertiary/aromatic N) is 3. The zero-order valence-electron chi connectivity index (χ0n) is 15.2. The first-order valence-electron chi connectivity index (χ1n) is 8.24. The van der Waals surface area contributed by atoms with E-state index in [1.54, 1.807) is 36.0 Å². The second-order valence-corrected chi connectivity index (χ2v) is 7.08. The third-order valence-electron chi connectivity index (χ3n) is 3.80. The van der Waals surface area contributed by atoms with Gasteiger partial charge in [-0.2, -0.15) is 5.06 Å². The molecule has 1 N–H and O–H groups in total. The number of aryl methyl sites for hydroxylation is 1. The second kappa shape index (κ2) is 9.01. The number of rotatable bonds is 7. The Balaban J connectivity index is 1.79. The van der Waals surface area contributed by atoms with E-state index in [4.69, 9.17) is 21.2 Å². The number of carbonyl (C=O) groups is 1. The molecule has 3 rings (SSSR count). The molecule has 1 aromatic heterocycles. The number of hydroxylamine groups is 1. The lowest BCUT2D eigenvalue weighted by atomic mass is 10.2. The van der Waals surface area contributed by atoms with Gasteiger partial charge in [-0.15, -0.1) is 5.10 Å². The SMILES string of the molecule is CON(C(=O)O)c1ccccc1COc1nn(C)c(Sc2ccccc2)c1Cl. The summed E-state index contributed by atoms with van der Waals surface area (Å²) in [4.78, 5) is 17.3. The highest BCUT2D eigenvalue weighted by Crippen LogP contribution is 2.38. The minimum atomic E-state index is -1.23. The van der Waals surface area contributed by atoms with Crippen molar-refractivity contribution < 1.29 is 19.5 Å². The van der Waals surface area contributed by atoms with Crippen LogP contribution in [0.4, 0.5) is 10.5 Å². The molecule has 0 aliphatic carbocycles. The molecule has 0 saturated heterocycles. The molecule has 0 atom stereocenters. The first kappa shape index (κ1) is 20.1. The van der Waals surface area contributed by atoms with Crippen LogP contribution in [-0.2, 0) is 18.5 Å². The minimum Gasteiger partial charge on any atom is -0.471 e. The van der Waals surface area contributed by atoms with Gasteiger partial charge in [-0.3, -0.25) is 9.52 Å². The van der Waals surface area contributed by atoms with Crippen LogP contribution in [-0.4, -0.2) is 28.1 Å². The van der Waals surface area contributed by atoms with Crippen molar-refractivity contribution >= 4 is 35.1 Å². The van der Waals surface area contributed by atoms with Crippen molar-refractivity contribution in [1.82, 2.24) is 9.78 Å². The number of para-hydroxylation sites is 1. The highest BCUT2D eigenvalue weighted by atomic mass is 35.5. The van der Waals surface area contributed by atoms with E-state index in [2.05, 4.69) is 5.10 Å². The van der Waals surface area contributed by atoms with Crippen LogP contribution in [0.15, 0.2) is 64.5 Å². The summed E-state index contributed by atoms with van der Waals surface area (Å²) in [6.07, 6.45) is -1.23. The highest BCUT2D eigenvalue weighted by Gasteiger charge is 2.20. The van der Waals surface area contributed by atoms with Crippen LogP contribution in [0.25, 0.3) is 0 Å². The number of benzene rings is 2. The zero-order valence-corrected chi connectivity index (χ0v) is 16.8. The molecule has 7 nitrogen and oxygen atoms in total. The van der Waals surface area contributed by atoms with Crippen LogP contribution in [0, 0.1) is 0 Å². The van der Waals surface area contributed by atoms with Crippen LogP contribution in [0.1, 0.15) is 5.56 Å². The number of ether oxygens (including phenoxy) is 1. The van der Waals surface area contributed by atoms with E-state index in [0.29, 0.717) is 16.3 Å². The summed E-state index contributed by atoms with van der Waals surface area (Å²) in [6.45, 7) is 0.0789. The summed E-state index contributed by atoms with van der Waals surface area (Å²) in [6, 6.07) is 16.7. The Labute approximate surface area is 171 Å². The molecule has 1 heterocycles. The Morgan fingerprint density at radius 2 is 1.89 bits per heavy atom. The molecular formula is C19H18ClN3O4S. The Morgan fingerprint density at radius 3 is 2.57 bits per heavy atom. The molecule has 146 valence electrons.